The van der Waals surface area contributed by atoms with Crippen molar-refractivity contribution in [3.63, 3.8) is 0 Å². The molecule has 2 unspecified atom stereocenters. The van der Waals surface area contributed by atoms with E-state index in [-0.39, 0.29) is 24.0 Å². The van der Waals surface area contributed by atoms with E-state index in [1.54, 1.807) is 11.0 Å². The smallest absolute Gasteiger partial charge is 0.232 e. The van der Waals surface area contributed by atoms with Crippen molar-refractivity contribution in [1.29, 1.82) is 0 Å². The minimum Gasteiger partial charge on any atom is -0.294 e. The first-order chi connectivity index (χ1) is 16.3. The van der Waals surface area contributed by atoms with E-state index in [0.717, 1.165) is 33.6 Å². The van der Waals surface area contributed by atoms with Gasteiger partial charge in [0.15, 0.2) is 5.78 Å². The molecule has 0 fully saturated rings. The summed E-state index contributed by atoms with van der Waals surface area (Å²) in [5, 5.41) is 0.836. The number of halogens is 2. The van der Waals surface area contributed by atoms with Gasteiger partial charge in [0.05, 0.1) is 10.0 Å². The van der Waals surface area contributed by atoms with Gasteiger partial charge < -0.3 is 0 Å². The Labute approximate surface area is 210 Å². The Morgan fingerprint density at radius 1 is 0.824 bits per heavy atom. The lowest BCUT2D eigenvalue weighted by Gasteiger charge is -2.41. The molecule has 3 aromatic rings. The van der Waals surface area contributed by atoms with E-state index in [4.69, 9.17) is 23.2 Å². The van der Waals surface area contributed by atoms with Crippen molar-refractivity contribution in [1.82, 2.24) is 0 Å². The number of rotatable bonds is 3. The van der Waals surface area contributed by atoms with Gasteiger partial charge in [0, 0.05) is 35.7 Å². The van der Waals surface area contributed by atoms with Crippen molar-refractivity contribution in [3.05, 3.63) is 110 Å². The van der Waals surface area contributed by atoms with Crippen LogP contribution in [-0.4, -0.2) is 11.7 Å². The number of hydrogen-bond acceptors (Lipinski definition) is 2. The van der Waals surface area contributed by atoms with Crippen molar-refractivity contribution < 1.29 is 9.59 Å². The lowest BCUT2D eigenvalue weighted by Crippen LogP contribution is -2.42. The third-order valence-electron chi connectivity index (χ3n) is 6.82. The molecule has 1 amide bonds. The van der Waals surface area contributed by atoms with Crippen LogP contribution in [0.1, 0.15) is 53.4 Å². The number of hydrogen-bond donors (Lipinski definition) is 0. The number of benzene rings is 3. The van der Waals surface area contributed by atoms with Gasteiger partial charge in [-0.1, -0.05) is 71.7 Å². The van der Waals surface area contributed by atoms with Crippen LogP contribution in [0.25, 0.3) is 0 Å². The Bertz CT molecular complexity index is 1310. The molecular formula is C29H25Cl2NO2. The monoisotopic (exact) mass is 489 g/mol. The SMILES string of the molecule is Cc1cc(C)cc(N2C(=O)CC(c3cccc(Cl)c3Cl)C3=C2CC(c2ccccc2)CC3=O)c1. The summed E-state index contributed by atoms with van der Waals surface area (Å²) in [6.45, 7) is 4.04. The summed E-state index contributed by atoms with van der Waals surface area (Å²) in [5.74, 6) is -0.355. The van der Waals surface area contributed by atoms with Crippen LogP contribution in [0.2, 0.25) is 10.0 Å². The number of carbonyl (C=O) groups is 2. The van der Waals surface area contributed by atoms with Crippen molar-refractivity contribution in [2.75, 3.05) is 4.90 Å². The zero-order valence-electron chi connectivity index (χ0n) is 19.1. The molecule has 0 saturated carbocycles. The maximum absolute atomic E-state index is 13.7. The molecule has 3 nitrogen and oxygen atoms in total. The van der Waals surface area contributed by atoms with Crippen LogP contribution in [0.5, 0.6) is 0 Å². The maximum Gasteiger partial charge on any atom is 0.232 e. The highest BCUT2D eigenvalue weighted by molar-refractivity contribution is 6.42. The zero-order valence-corrected chi connectivity index (χ0v) is 20.7. The molecule has 1 aliphatic carbocycles. The topological polar surface area (TPSA) is 37.4 Å². The molecule has 0 spiro atoms. The molecule has 34 heavy (non-hydrogen) atoms. The largest absolute Gasteiger partial charge is 0.294 e. The van der Waals surface area contributed by atoms with Gasteiger partial charge in [0.2, 0.25) is 5.91 Å². The third kappa shape index (κ3) is 4.08. The Morgan fingerprint density at radius 3 is 2.24 bits per heavy atom. The van der Waals surface area contributed by atoms with Crippen LogP contribution in [0.15, 0.2) is 78.0 Å². The maximum atomic E-state index is 13.7. The molecule has 1 heterocycles. The summed E-state index contributed by atoms with van der Waals surface area (Å²) in [4.78, 5) is 29.2. The first kappa shape index (κ1) is 22.9. The van der Waals surface area contributed by atoms with E-state index >= 15 is 0 Å². The number of ketones is 1. The van der Waals surface area contributed by atoms with E-state index in [1.165, 1.54) is 0 Å². The quantitative estimate of drug-likeness (QED) is 0.381. The van der Waals surface area contributed by atoms with Gasteiger partial charge in [-0.05, 0) is 66.6 Å². The minimum absolute atomic E-state index is 0.0160. The first-order valence-electron chi connectivity index (χ1n) is 11.5. The van der Waals surface area contributed by atoms with Crippen LogP contribution in [-0.2, 0) is 9.59 Å². The van der Waals surface area contributed by atoms with Crippen LogP contribution in [0.3, 0.4) is 0 Å². The van der Waals surface area contributed by atoms with Gasteiger partial charge in [-0.3, -0.25) is 14.5 Å². The number of anilines is 1. The molecule has 0 aromatic heterocycles. The number of allylic oxidation sites excluding steroid dienone is 2. The number of aryl methyl sites for hydroxylation is 2. The van der Waals surface area contributed by atoms with Crippen molar-refractivity contribution >= 4 is 40.6 Å². The highest BCUT2D eigenvalue weighted by Gasteiger charge is 2.43. The van der Waals surface area contributed by atoms with Gasteiger partial charge >= 0.3 is 0 Å². The summed E-state index contributed by atoms with van der Waals surface area (Å²) in [7, 11) is 0. The zero-order chi connectivity index (χ0) is 24.0. The fourth-order valence-corrected chi connectivity index (χ4v) is 5.87. The van der Waals surface area contributed by atoms with Crippen LogP contribution < -0.4 is 4.90 Å². The predicted octanol–water partition coefficient (Wildman–Crippen LogP) is 7.53. The normalized spacial score (nSPS) is 20.5. The van der Waals surface area contributed by atoms with E-state index in [0.29, 0.717) is 28.5 Å². The van der Waals surface area contributed by atoms with E-state index in [9.17, 15) is 9.59 Å². The molecule has 0 saturated heterocycles. The first-order valence-corrected chi connectivity index (χ1v) is 12.3. The summed E-state index contributed by atoms with van der Waals surface area (Å²) in [6, 6.07) is 21.6. The van der Waals surface area contributed by atoms with Crippen LogP contribution >= 0.6 is 23.2 Å². The van der Waals surface area contributed by atoms with Crippen molar-refractivity contribution in [2.45, 2.75) is 44.9 Å². The Balaban J connectivity index is 1.70. The van der Waals surface area contributed by atoms with Crippen LogP contribution in [0, 0.1) is 13.8 Å². The number of nitrogens with zero attached hydrogens (tertiary/aromatic N) is 1. The summed E-state index contributed by atoms with van der Waals surface area (Å²) >= 11 is 12.9. The summed E-state index contributed by atoms with van der Waals surface area (Å²) in [6.07, 6.45) is 1.19. The van der Waals surface area contributed by atoms with Crippen LogP contribution in [0.4, 0.5) is 5.69 Å². The molecule has 0 bridgehead atoms. The second-order valence-electron chi connectivity index (χ2n) is 9.27. The van der Waals surface area contributed by atoms with Crippen molar-refractivity contribution in [3.8, 4) is 0 Å². The van der Waals surface area contributed by atoms with Gasteiger partial charge in [0.25, 0.3) is 0 Å². The molecular weight excluding hydrogens is 465 g/mol. The highest BCUT2D eigenvalue weighted by atomic mass is 35.5. The molecule has 1 aliphatic heterocycles. The number of amides is 1. The second kappa shape index (κ2) is 9.05. The van der Waals surface area contributed by atoms with E-state index in [2.05, 4.69) is 18.2 Å². The Kier molecular flexibility index (Phi) is 6.09. The second-order valence-corrected chi connectivity index (χ2v) is 10.1. The standard InChI is InChI=1S/C29H25Cl2NO2/c1-17-11-18(2)13-21(12-17)32-25-14-20(19-7-4-3-5-8-19)15-26(33)28(25)23(16-27(32)34)22-9-6-10-24(30)29(22)31/h3-13,20,23H,14-16H2,1-2H3. The average molecular weight is 490 g/mol. The molecule has 5 heteroatoms. The number of carbonyl (C=O) groups excluding carboxylic acids is 2. The fraction of sp³-hybridized carbons (Fsp3) is 0.241. The lowest BCUT2D eigenvalue weighted by molar-refractivity contribution is -0.120. The van der Waals surface area contributed by atoms with Gasteiger partial charge in [-0.25, -0.2) is 0 Å². The average Bonchev–Trinajstić information content (AvgIpc) is 2.80. The molecule has 5 rings (SSSR count). The lowest BCUT2D eigenvalue weighted by atomic mass is 9.72. The molecule has 172 valence electrons. The van der Waals surface area contributed by atoms with E-state index in [1.807, 2.05) is 56.3 Å². The third-order valence-corrected chi connectivity index (χ3v) is 7.66. The molecule has 2 atom stereocenters. The highest BCUT2D eigenvalue weighted by Crippen LogP contribution is 2.48. The predicted molar refractivity (Wildman–Crippen MR) is 138 cm³/mol. The fourth-order valence-electron chi connectivity index (χ4n) is 5.43. The Morgan fingerprint density at radius 2 is 1.53 bits per heavy atom. The minimum atomic E-state index is -0.403. The van der Waals surface area contributed by atoms with Gasteiger partial charge in [0.1, 0.15) is 0 Å². The van der Waals surface area contributed by atoms with Gasteiger partial charge in [-0.2, -0.15) is 0 Å². The number of Topliss-reactive ketones (excluding diaryl/α,β-unsaturated/α-hetero) is 1. The van der Waals surface area contributed by atoms with Gasteiger partial charge in [-0.15, -0.1) is 0 Å². The Hall–Kier alpha value is -2.88. The summed E-state index contributed by atoms with van der Waals surface area (Å²) in [5.41, 5.74) is 6.28. The molecule has 0 radical (unpaired) electrons. The van der Waals surface area contributed by atoms with Crippen molar-refractivity contribution in [2.24, 2.45) is 0 Å². The summed E-state index contributed by atoms with van der Waals surface area (Å²) < 4.78 is 0. The molecule has 2 aliphatic rings. The van der Waals surface area contributed by atoms with E-state index < -0.39 is 5.92 Å². The molecule has 0 N–H and O–H groups in total. The molecule has 3 aromatic carbocycles.